The molecule has 1 heterocycles. The minimum atomic E-state index is 0.262. The van der Waals surface area contributed by atoms with Crippen molar-refractivity contribution < 1.29 is 0 Å². The molecule has 0 radical (unpaired) electrons. The van der Waals surface area contributed by atoms with Gasteiger partial charge in [-0.3, -0.25) is 0 Å². The third-order valence-corrected chi connectivity index (χ3v) is 4.40. The summed E-state index contributed by atoms with van der Waals surface area (Å²) in [4.78, 5) is 4.56. The van der Waals surface area contributed by atoms with E-state index < -0.39 is 0 Å². The van der Waals surface area contributed by atoms with Crippen molar-refractivity contribution in [1.82, 2.24) is 4.98 Å². The van der Waals surface area contributed by atoms with Crippen LogP contribution in [0.25, 0.3) is 10.2 Å². The van der Waals surface area contributed by atoms with Crippen LogP contribution >= 0.6 is 22.9 Å². The summed E-state index contributed by atoms with van der Waals surface area (Å²) in [7, 11) is 0. The number of rotatable bonds is 2. The van der Waals surface area contributed by atoms with Crippen LogP contribution in [0.4, 0.5) is 5.13 Å². The second-order valence-electron chi connectivity index (χ2n) is 4.67. The van der Waals surface area contributed by atoms with Crippen molar-refractivity contribution in [3.8, 4) is 0 Å². The Hall–Kier alpha value is -0.800. The van der Waals surface area contributed by atoms with Gasteiger partial charge in [0.25, 0.3) is 0 Å². The van der Waals surface area contributed by atoms with Crippen molar-refractivity contribution in [3.63, 3.8) is 0 Å². The summed E-state index contributed by atoms with van der Waals surface area (Å²) in [6, 6.07) is 5.86. The lowest BCUT2D eigenvalue weighted by molar-refractivity contribution is 0.306. The fourth-order valence-electron chi connectivity index (χ4n) is 2.04. The minimum absolute atomic E-state index is 0.262. The van der Waals surface area contributed by atoms with E-state index in [1.54, 1.807) is 11.3 Å². The number of hydrogen-bond donors (Lipinski definition) is 1. The standard InChI is InChI=1S/C12H13ClN2S/c1-12(5-2-6-12)15-11-14-9-7-8(13)3-4-10(9)16-11/h3-4,7H,2,5-6H2,1H3,(H,14,15). The number of halogens is 1. The van der Waals surface area contributed by atoms with Crippen LogP contribution in [-0.2, 0) is 0 Å². The summed E-state index contributed by atoms with van der Waals surface area (Å²) in [6.45, 7) is 2.26. The predicted octanol–water partition coefficient (Wildman–Crippen LogP) is 4.30. The Balaban J connectivity index is 1.93. The molecule has 1 aliphatic carbocycles. The summed E-state index contributed by atoms with van der Waals surface area (Å²) >= 11 is 7.64. The molecule has 84 valence electrons. The molecule has 0 atom stereocenters. The third kappa shape index (κ3) is 1.78. The van der Waals surface area contributed by atoms with Gasteiger partial charge in [0.15, 0.2) is 5.13 Å². The Bertz CT molecular complexity index is 531. The number of fused-ring (bicyclic) bond motifs is 1. The zero-order valence-electron chi connectivity index (χ0n) is 9.09. The van der Waals surface area contributed by atoms with Gasteiger partial charge in [-0.2, -0.15) is 0 Å². The zero-order chi connectivity index (χ0) is 11.2. The molecular weight excluding hydrogens is 240 g/mol. The molecule has 1 aromatic heterocycles. The van der Waals surface area contributed by atoms with Crippen molar-refractivity contribution >= 4 is 38.3 Å². The van der Waals surface area contributed by atoms with E-state index in [2.05, 4.69) is 17.2 Å². The average Bonchev–Trinajstić information content (AvgIpc) is 2.56. The van der Waals surface area contributed by atoms with E-state index in [0.717, 1.165) is 15.7 Å². The highest BCUT2D eigenvalue weighted by Gasteiger charge is 2.32. The van der Waals surface area contributed by atoms with Gasteiger partial charge in [-0.15, -0.1) is 0 Å². The molecular formula is C12H13ClN2S. The molecule has 16 heavy (non-hydrogen) atoms. The van der Waals surface area contributed by atoms with Crippen LogP contribution in [0.3, 0.4) is 0 Å². The highest BCUT2D eigenvalue weighted by Crippen LogP contribution is 2.37. The second-order valence-corrected chi connectivity index (χ2v) is 6.14. The second kappa shape index (κ2) is 3.60. The molecule has 0 saturated heterocycles. The highest BCUT2D eigenvalue weighted by molar-refractivity contribution is 7.22. The number of benzene rings is 1. The van der Waals surface area contributed by atoms with Gasteiger partial charge in [-0.1, -0.05) is 22.9 Å². The van der Waals surface area contributed by atoms with Crippen molar-refractivity contribution in [3.05, 3.63) is 23.2 Å². The lowest BCUT2D eigenvalue weighted by Crippen LogP contribution is -2.41. The molecule has 1 fully saturated rings. The molecule has 0 bridgehead atoms. The molecule has 0 unspecified atom stereocenters. The molecule has 1 aromatic carbocycles. The first-order chi connectivity index (χ1) is 7.65. The smallest absolute Gasteiger partial charge is 0.184 e. The van der Waals surface area contributed by atoms with E-state index in [4.69, 9.17) is 11.6 Å². The van der Waals surface area contributed by atoms with Crippen LogP contribution < -0.4 is 5.32 Å². The fraction of sp³-hybridized carbons (Fsp3) is 0.417. The molecule has 4 heteroatoms. The van der Waals surface area contributed by atoms with E-state index in [1.807, 2.05) is 18.2 Å². The lowest BCUT2D eigenvalue weighted by atomic mass is 9.79. The van der Waals surface area contributed by atoms with Crippen molar-refractivity contribution in [2.24, 2.45) is 0 Å². The third-order valence-electron chi connectivity index (χ3n) is 3.22. The SMILES string of the molecule is CC1(Nc2nc3cc(Cl)ccc3s2)CCC1. The lowest BCUT2D eigenvalue weighted by Gasteiger charge is -2.39. The van der Waals surface area contributed by atoms with Gasteiger partial charge in [0.05, 0.1) is 10.2 Å². The Labute approximate surface area is 104 Å². The molecule has 1 saturated carbocycles. The van der Waals surface area contributed by atoms with Crippen LogP contribution in [0.2, 0.25) is 5.02 Å². The number of nitrogens with zero attached hydrogens (tertiary/aromatic N) is 1. The van der Waals surface area contributed by atoms with Crippen LogP contribution in [0.5, 0.6) is 0 Å². The number of thiazole rings is 1. The van der Waals surface area contributed by atoms with Crippen LogP contribution in [0, 0.1) is 0 Å². The molecule has 3 rings (SSSR count). The predicted molar refractivity (Wildman–Crippen MR) is 70.5 cm³/mol. The minimum Gasteiger partial charge on any atom is -0.356 e. The molecule has 0 amide bonds. The number of anilines is 1. The summed E-state index contributed by atoms with van der Waals surface area (Å²) in [5.74, 6) is 0. The van der Waals surface area contributed by atoms with E-state index in [0.29, 0.717) is 0 Å². The maximum atomic E-state index is 5.94. The Morgan fingerprint density at radius 3 is 2.94 bits per heavy atom. The van der Waals surface area contributed by atoms with Gasteiger partial charge in [-0.25, -0.2) is 4.98 Å². The van der Waals surface area contributed by atoms with Gasteiger partial charge < -0.3 is 5.32 Å². The first kappa shape index (κ1) is 10.4. The molecule has 0 spiro atoms. The van der Waals surface area contributed by atoms with Crippen LogP contribution in [0.1, 0.15) is 26.2 Å². The monoisotopic (exact) mass is 252 g/mol. The fourth-order valence-corrected chi connectivity index (χ4v) is 3.21. The molecule has 0 aliphatic heterocycles. The van der Waals surface area contributed by atoms with E-state index in [1.165, 1.54) is 24.0 Å². The number of aromatic nitrogens is 1. The molecule has 1 aliphatic rings. The zero-order valence-corrected chi connectivity index (χ0v) is 10.7. The number of nitrogens with one attached hydrogen (secondary N) is 1. The maximum Gasteiger partial charge on any atom is 0.184 e. The van der Waals surface area contributed by atoms with Crippen LogP contribution in [-0.4, -0.2) is 10.5 Å². The largest absolute Gasteiger partial charge is 0.356 e. The quantitative estimate of drug-likeness (QED) is 0.862. The summed E-state index contributed by atoms with van der Waals surface area (Å²) in [6.07, 6.45) is 3.80. The number of hydrogen-bond acceptors (Lipinski definition) is 3. The first-order valence-electron chi connectivity index (χ1n) is 5.49. The summed E-state index contributed by atoms with van der Waals surface area (Å²) in [5.41, 5.74) is 1.25. The molecule has 1 N–H and O–H groups in total. The van der Waals surface area contributed by atoms with Crippen LogP contribution in [0.15, 0.2) is 18.2 Å². The van der Waals surface area contributed by atoms with Crippen molar-refractivity contribution in [2.45, 2.75) is 31.7 Å². The Morgan fingerprint density at radius 1 is 1.44 bits per heavy atom. The molecule has 2 aromatic rings. The first-order valence-corrected chi connectivity index (χ1v) is 6.68. The topological polar surface area (TPSA) is 24.9 Å². The average molecular weight is 253 g/mol. The molecule has 2 nitrogen and oxygen atoms in total. The van der Waals surface area contributed by atoms with E-state index in [-0.39, 0.29) is 5.54 Å². The van der Waals surface area contributed by atoms with Gasteiger partial charge in [0.1, 0.15) is 0 Å². The van der Waals surface area contributed by atoms with Crippen molar-refractivity contribution in [1.29, 1.82) is 0 Å². The van der Waals surface area contributed by atoms with Gasteiger partial charge in [0.2, 0.25) is 0 Å². The maximum absolute atomic E-state index is 5.94. The summed E-state index contributed by atoms with van der Waals surface area (Å²) in [5, 5.41) is 5.29. The van der Waals surface area contributed by atoms with Gasteiger partial charge in [0, 0.05) is 10.6 Å². The Morgan fingerprint density at radius 2 is 2.25 bits per heavy atom. The van der Waals surface area contributed by atoms with E-state index in [9.17, 15) is 0 Å². The van der Waals surface area contributed by atoms with Gasteiger partial charge >= 0.3 is 0 Å². The van der Waals surface area contributed by atoms with Crippen molar-refractivity contribution in [2.75, 3.05) is 5.32 Å². The highest BCUT2D eigenvalue weighted by atomic mass is 35.5. The normalized spacial score (nSPS) is 18.4. The van der Waals surface area contributed by atoms with E-state index >= 15 is 0 Å². The summed E-state index contributed by atoms with van der Waals surface area (Å²) < 4.78 is 1.19. The Kier molecular flexibility index (Phi) is 2.33. The van der Waals surface area contributed by atoms with Gasteiger partial charge in [-0.05, 0) is 44.4 Å².